The van der Waals surface area contributed by atoms with Crippen LogP contribution < -0.4 is 4.74 Å². The highest BCUT2D eigenvalue weighted by molar-refractivity contribution is 5.72. The zero-order valence-corrected chi connectivity index (χ0v) is 16.4. The molecule has 138 valence electrons. The van der Waals surface area contributed by atoms with E-state index in [0.29, 0.717) is 5.82 Å². The van der Waals surface area contributed by atoms with Gasteiger partial charge in [-0.15, -0.1) is 0 Å². The monoisotopic (exact) mass is 359 g/mol. The number of pyridine rings is 1. The predicted octanol–water partition coefficient (Wildman–Crippen LogP) is 5.04. The molecule has 2 heterocycles. The normalized spacial score (nSPS) is 15.3. The third kappa shape index (κ3) is 3.44. The van der Waals surface area contributed by atoms with E-state index >= 15 is 0 Å². The fourth-order valence-electron chi connectivity index (χ4n) is 3.79. The minimum atomic E-state index is 0.246. The molecule has 4 rings (SSSR count). The smallest absolute Gasteiger partial charge is 0.178 e. The van der Waals surface area contributed by atoms with Crippen molar-refractivity contribution in [1.82, 2.24) is 15.0 Å². The summed E-state index contributed by atoms with van der Waals surface area (Å²) in [5.41, 5.74) is 6.41. The van der Waals surface area contributed by atoms with Gasteiger partial charge < -0.3 is 4.74 Å². The molecule has 4 nitrogen and oxygen atoms in total. The van der Waals surface area contributed by atoms with Crippen molar-refractivity contribution in [2.24, 2.45) is 5.41 Å². The number of para-hydroxylation sites is 1. The largest absolute Gasteiger partial charge is 0.496 e. The number of fused-ring (bicyclic) bond motifs is 1. The van der Waals surface area contributed by atoms with Crippen molar-refractivity contribution in [2.45, 2.75) is 40.0 Å². The number of nitrogens with zero attached hydrogens (tertiary/aromatic N) is 3. The number of ether oxygens (including phenoxy) is 1. The molecule has 4 heteroatoms. The van der Waals surface area contributed by atoms with Crippen molar-refractivity contribution < 1.29 is 4.74 Å². The minimum absolute atomic E-state index is 0.246. The number of rotatable bonds is 3. The van der Waals surface area contributed by atoms with Gasteiger partial charge in [0, 0.05) is 22.5 Å². The Hall–Kier alpha value is -2.75. The molecule has 0 radical (unpaired) electrons. The van der Waals surface area contributed by atoms with E-state index < -0.39 is 0 Å². The van der Waals surface area contributed by atoms with Crippen molar-refractivity contribution >= 4 is 0 Å². The Bertz CT molecular complexity index is 995. The summed E-state index contributed by atoms with van der Waals surface area (Å²) < 4.78 is 5.63. The molecule has 0 N–H and O–H groups in total. The lowest BCUT2D eigenvalue weighted by molar-refractivity contribution is 0.312. The van der Waals surface area contributed by atoms with Crippen molar-refractivity contribution in [3.63, 3.8) is 0 Å². The van der Waals surface area contributed by atoms with Gasteiger partial charge in [-0.3, -0.25) is 0 Å². The standard InChI is InChI=1S/C23H25N3O/c1-15-8-7-10-19(24-15)22-25-18-12-13-23(2,3)14-17(18)21(26-22)16-9-5-6-11-20(16)27-4/h5-11H,12-14H2,1-4H3. The summed E-state index contributed by atoms with van der Waals surface area (Å²) in [6.07, 6.45) is 3.06. The summed E-state index contributed by atoms with van der Waals surface area (Å²) in [7, 11) is 1.71. The Morgan fingerprint density at radius 3 is 2.56 bits per heavy atom. The highest BCUT2D eigenvalue weighted by Crippen LogP contribution is 2.41. The van der Waals surface area contributed by atoms with Gasteiger partial charge >= 0.3 is 0 Å². The molecule has 0 unspecified atom stereocenters. The SMILES string of the molecule is COc1ccccc1-c1nc(-c2cccc(C)n2)nc2c1CC(C)(C)CC2. The topological polar surface area (TPSA) is 47.9 Å². The quantitative estimate of drug-likeness (QED) is 0.657. The molecule has 0 bridgehead atoms. The Morgan fingerprint density at radius 1 is 0.963 bits per heavy atom. The fraction of sp³-hybridized carbons (Fsp3) is 0.348. The van der Waals surface area contributed by atoms with Crippen LogP contribution in [-0.2, 0) is 12.8 Å². The van der Waals surface area contributed by atoms with Crippen molar-refractivity contribution in [2.75, 3.05) is 7.11 Å². The molecule has 3 aromatic rings. The maximum atomic E-state index is 5.63. The van der Waals surface area contributed by atoms with Crippen LogP contribution in [0.15, 0.2) is 42.5 Å². The molecule has 0 aliphatic heterocycles. The molecule has 1 aromatic carbocycles. The second-order valence-corrected chi connectivity index (χ2v) is 8.03. The highest BCUT2D eigenvalue weighted by Gasteiger charge is 2.30. The van der Waals surface area contributed by atoms with Gasteiger partial charge in [0.2, 0.25) is 0 Å². The first-order chi connectivity index (χ1) is 13.0. The fourth-order valence-corrected chi connectivity index (χ4v) is 3.79. The summed E-state index contributed by atoms with van der Waals surface area (Å²) in [6, 6.07) is 14.1. The molecule has 2 aromatic heterocycles. The lowest BCUT2D eigenvalue weighted by atomic mass is 9.75. The average molecular weight is 359 g/mol. The molecular formula is C23H25N3O. The summed E-state index contributed by atoms with van der Waals surface area (Å²) in [4.78, 5) is 14.5. The second kappa shape index (κ2) is 6.76. The summed E-state index contributed by atoms with van der Waals surface area (Å²) in [5.74, 6) is 1.53. The van der Waals surface area contributed by atoms with Crippen LogP contribution in [0.5, 0.6) is 5.75 Å². The van der Waals surface area contributed by atoms with Gasteiger partial charge in [0.1, 0.15) is 11.4 Å². The number of benzene rings is 1. The Morgan fingerprint density at radius 2 is 1.78 bits per heavy atom. The maximum absolute atomic E-state index is 5.63. The van der Waals surface area contributed by atoms with E-state index in [-0.39, 0.29) is 5.41 Å². The molecule has 0 saturated carbocycles. The molecule has 1 aliphatic rings. The average Bonchev–Trinajstić information content (AvgIpc) is 2.66. The van der Waals surface area contributed by atoms with Gasteiger partial charge in [0.25, 0.3) is 0 Å². The molecule has 1 aliphatic carbocycles. The summed E-state index contributed by atoms with van der Waals surface area (Å²) in [6.45, 7) is 6.63. The predicted molar refractivity (Wildman–Crippen MR) is 108 cm³/mol. The van der Waals surface area contributed by atoms with Gasteiger partial charge in [-0.05, 0) is 55.9 Å². The molecule has 27 heavy (non-hydrogen) atoms. The van der Waals surface area contributed by atoms with Crippen LogP contribution in [-0.4, -0.2) is 22.1 Å². The first kappa shape index (κ1) is 17.7. The Labute approximate surface area is 160 Å². The van der Waals surface area contributed by atoms with Crippen molar-refractivity contribution in [3.8, 4) is 28.5 Å². The Kier molecular flexibility index (Phi) is 4.42. The zero-order valence-electron chi connectivity index (χ0n) is 16.4. The van der Waals surface area contributed by atoms with Crippen molar-refractivity contribution in [1.29, 1.82) is 0 Å². The second-order valence-electron chi connectivity index (χ2n) is 8.03. The van der Waals surface area contributed by atoms with E-state index in [4.69, 9.17) is 14.7 Å². The number of aryl methyl sites for hydroxylation is 2. The highest BCUT2D eigenvalue weighted by atomic mass is 16.5. The lowest BCUT2D eigenvalue weighted by Gasteiger charge is -2.32. The van der Waals surface area contributed by atoms with E-state index in [0.717, 1.165) is 53.4 Å². The minimum Gasteiger partial charge on any atom is -0.496 e. The van der Waals surface area contributed by atoms with Crippen LogP contribution in [0, 0.1) is 12.3 Å². The van der Waals surface area contributed by atoms with Gasteiger partial charge in [0.05, 0.1) is 12.8 Å². The summed E-state index contributed by atoms with van der Waals surface area (Å²) in [5, 5.41) is 0. The maximum Gasteiger partial charge on any atom is 0.178 e. The number of methoxy groups -OCH3 is 1. The molecule has 0 fully saturated rings. The van der Waals surface area contributed by atoms with Crippen LogP contribution in [0.4, 0.5) is 0 Å². The van der Waals surface area contributed by atoms with Crippen LogP contribution in [0.3, 0.4) is 0 Å². The van der Waals surface area contributed by atoms with Gasteiger partial charge in [-0.25, -0.2) is 15.0 Å². The van der Waals surface area contributed by atoms with Gasteiger partial charge in [0.15, 0.2) is 5.82 Å². The Balaban J connectivity index is 1.96. The molecule has 0 saturated heterocycles. The van der Waals surface area contributed by atoms with E-state index in [2.05, 4.69) is 24.9 Å². The van der Waals surface area contributed by atoms with Crippen LogP contribution in [0.2, 0.25) is 0 Å². The van der Waals surface area contributed by atoms with Crippen LogP contribution in [0.1, 0.15) is 37.2 Å². The van der Waals surface area contributed by atoms with E-state index in [1.165, 1.54) is 5.56 Å². The molecule has 0 spiro atoms. The first-order valence-corrected chi connectivity index (χ1v) is 9.44. The van der Waals surface area contributed by atoms with Gasteiger partial charge in [-0.1, -0.05) is 32.0 Å². The van der Waals surface area contributed by atoms with E-state index in [1.54, 1.807) is 7.11 Å². The van der Waals surface area contributed by atoms with Crippen molar-refractivity contribution in [3.05, 3.63) is 59.4 Å². The van der Waals surface area contributed by atoms with Gasteiger partial charge in [-0.2, -0.15) is 0 Å². The zero-order chi connectivity index (χ0) is 19.0. The molecule has 0 atom stereocenters. The number of aromatic nitrogens is 3. The van der Waals surface area contributed by atoms with E-state index in [1.807, 2.05) is 43.3 Å². The lowest BCUT2D eigenvalue weighted by Crippen LogP contribution is -2.24. The molecular weight excluding hydrogens is 334 g/mol. The van der Waals surface area contributed by atoms with Crippen LogP contribution in [0.25, 0.3) is 22.8 Å². The first-order valence-electron chi connectivity index (χ1n) is 9.44. The third-order valence-corrected chi connectivity index (χ3v) is 5.27. The number of hydrogen-bond donors (Lipinski definition) is 0. The van der Waals surface area contributed by atoms with E-state index in [9.17, 15) is 0 Å². The van der Waals surface area contributed by atoms with Crippen LogP contribution >= 0.6 is 0 Å². The number of hydrogen-bond acceptors (Lipinski definition) is 4. The molecule has 0 amide bonds. The summed E-state index contributed by atoms with van der Waals surface area (Å²) >= 11 is 0. The third-order valence-electron chi connectivity index (χ3n) is 5.27.